The van der Waals surface area contributed by atoms with Gasteiger partial charge in [-0.05, 0) is 55.3 Å². The van der Waals surface area contributed by atoms with Crippen LogP contribution in [0.5, 0.6) is 5.75 Å². The van der Waals surface area contributed by atoms with Crippen LogP contribution in [0, 0.1) is 0 Å². The number of ether oxygens (including phenoxy) is 2. The van der Waals surface area contributed by atoms with Crippen LogP contribution >= 0.6 is 0 Å². The Morgan fingerprint density at radius 1 is 1.07 bits per heavy atom. The van der Waals surface area contributed by atoms with Crippen molar-refractivity contribution in [1.82, 2.24) is 0 Å². The average molecular weight is 406 g/mol. The van der Waals surface area contributed by atoms with Gasteiger partial charge in [0.15, 0.2) is 6.10 Å². The molecule has 0 saturated heterocycles. The van der Waals surface area contributed by atoms with Crippen LogP contribution in [0.25, 0.3) is 0 Å². The fourth-order valence-electron chi connectivity index (χ4n) is 2.32. The quantitative estimate of drug-likeness (QED) is 0.645. The molecule has 28 heavy (non-hydrogen) atoms. The molecule has 0 aromatic heterocycles. The van der Waals surface area contributed by atoms with E-state index < -0.39 is 28.0 Å². The number of carbonyl (C=O) groups is 2. The third kappa shape index (κ3) is 6.36. The Morgan fingerprint density at radius 2 is 1.68 bits per heavy atom. The molecule has 0 aliphatic carbocycles. The first kappa shape index (κ1) is 21.4. The smallest absolute Gasteiger partial charge is 0.306 e. The Morgan fingerprint density at radius 3 is 2.21 bits per heavy atom. The highest BCUT2D eigenvalue weighted by Crippen LogP contribution is 2.16. The molecule has 8 nitrogen and oxygen atoms in total. The van der Waals surface area contributed by atoms with Gasteiger partial charge in [-0.15, -0.1) is 0 Å². The van der Waals surface area contributed by atoms with Crippen molar-refractivity contribution in [2.75, 3.05) is 12.4 Å². The lowest BCUT2D eigenvalue weighted by Crippen LogP contribution is -2.30. The van der Waals surface area contributed by atoms with Gasteiger partial charge in [-0.2, -0.15) is 0 Å². The molecule has 2 rings (SSSR count). The molecule has 0 spiro atoms. The van der Waals surface area contributed by atoms with Gasteiger partial charge in [0.05, 0.1) is 12.0 Å². The maximum Gasteiger partial charge on any atom is 0.306 e. The maximum absolute atomic E-state index is 12.1. The molecule has 0 radical (unpaired) electrons. The van der Waals surface area contributed by atoms with E-state index in [1.54, 1.807) is 43.5 Å². The van der Waals surface area contributed by atoms with Crippen LogP contribution in [0.15, 0.2) is 53.4 Å². The zero-order valence-corrected chi connectivity index (χ0v) is 16.4. The molecule has 0 heterocycles. The van der Waals surface area contributed by atoms with Crippen LogP contribution in [0.4, 0.5) is 5.69 Å². The van der Waals surface area contributed by atoms with Gasteiger partial charge in [0.25, 0.3) is 5.91 Å². The standard InChI is InChI=1S/C19H22N2O6S/c1-13(19(23)21-15-6-8-16(26-2)9-7-15)27-18(22)12-5-14-3-10-17(11-4-14)28(20,24)25/h3-4,6-11,13H,5,12H2,1-2H3,(H,21,23)(H2,20,24,25). The first-order chi connectivity index (χ1) is 13.2. The molecule has 3 N–H and O–H groups in total. The molecule has 1 atom stereocenters. The summed E-state index contributed by atoms with van der Waals surface area (Å²) < 4.78 is 32.6. The van der Waals surface area contributed by atoms with Gasteiger partial charge in [-0.25, -0.2) is 13.6 Å². The number of hydrogen-bond acceptors (Lipinski definition) is 6. The molecular weight excluding hydrogens is 384 g/mol. The number of sulfonamides is 1. The van der Waals surface area contributed by atoms with E-state index in [2.05, 4.69) is 5.32 Å². The van der Waals surface area contributed by atoms with E-state index in [1.807, 2.05) is 0 Å². The highest BCUT2D eigenvalue weighted by atomic mass is 32.2. The van der Waals surface area contributed by atoms with E-state index in [1.165, 1.54) is 19.1 Å². The van der Waals surface area contributed by atoms with Gasteiger partial charge in [0, 0.05) is 12.1 Å². The summed E-state index contributed by atoms with van der Waals surface area (Å²) in [7, 11) is -2.20. The largest absolute Gasteiger partial charge is 0.497 e. The topological polar surface area (TPSA) is 125 Å². The van der Waals surface area contributed by atoms with Crippen LogP contribution < -0.4 is 15.2 Å². The minimum atomic E-state index is -3.75. The van der Waals surface area contributed by atoms with Crippen molar-refractivity contribution in [3.8, 4) is 5.75 Å². The van der Waals surface area contributed by atoms with Gasteiger partial charge < -0.3 is 14.8 Å². The molecule has 0 bridgehead atoms. The molecule has 0 aliphatic heterocycles. The Bertz CT molecular complexity index is 924. The zero-order valence-electron chi connectivity index (χ0n) is 15.5. The Hall–Kier alpha value is -2.91. The second-order valence-corrected chi connectivity index (χ2v) is 7.60. The summed E-state index contributed by atoms with van der Waals surface area (Å²) in [4.78, 5) is 24.1. The first-order valence-electron chi connectivity index (χ1n) is 8.45. The molecule has 9 heteroatoms. The maximum atomic E-state index is 12.1. The number of anilines is 1. The normalized spacial score (nSPS) is 12.1. The van der Waals surface area contributed by atoms with Gasteiger partial charge >= 0.3 is 5.97 Å². The summed E-state index contributed by atoms with van der Waals surface area (Å²) in [5.74, 6) is -0.321. The van der Waals surface area contributed by atoms with Crippen molar-refractivity contribution in [2.45, 2.75) is 30.8 Å². The highest BCUT2D eigenvalue weighted by molar-refractivity contribution is 7.89. The van der Waals surface area contributed by atoms with Crippen LogP contribution in [0.1, 0.15) is 18.9 Å². The fraction of sp³-hybridized carbons (Fsp3) is 0.263. The zero-order chi connectivity index (χ0) is 20.7. The van der Waals surface area contributed by atoms with Crippen molar-refractivity contribution >= 4 is 27.6 Å². The van der Waals surface area contributed by atoms with Crippen LogP contribution in [0.3, 0.4) is 0 Å². The SMILES string of the molecule is COc1ccc(NC(=O)C(C)OC(=O)CCc2ccc(S(N)(=O)=O)cc2)cc1. The number of benzene rings is 2. The molecule has 1 amide bonds. The predicted molar refractivity (Wildman–Crippen MR) is 103 cm³/mol. The lowest BCUT2D eigenvalue weighted by Gasteiger charge is -2.14. The molecule has 0 saturated carbocycles. The fourth-order valence-corrected chi connectivity index (χ4v) is 2.84. The number of aryl methyl sites for hydroxylation is 1. The van der Waals surface area contributed by atoms with E-state index in [0.717, 1.165) is 5.56 Å². The number of amides is 1. The summed E-state index contributed by atoms with van der Waals surface area (Å²) in [5.41, 5.74) is 1.31. The van der Waals surface area contributed by atoms with E-state index in [9.17, 15) is 18.0 Å². The number of carbonyl (C=O) groups excluding carboxylic acids is 2. The third-order valence-electron chi connectivity index (χ3n) is 3.90. The second-order valence-electron chi connectivity index (χ2n) is 6.04. The van der Waals surface area contributed by atoms with Crippen LogP contribution in [-0.2, 0) is 30.8 Å². The number of nitrogens with one attached hydrogen (secondary N) is 1. The summed E-state index contributed by atoms with van der Waals surface area (Å²) in [6, 6.07) is 12.7. The summed E-state index contributed by atoms with van der Waals surface area (Å²) in [5, 5.41) is 7.69. The Kier molecular flexibility index (Phi) is 7.13. The van der Waals surface area contributed by atoms with Gasteiger partial charge in [0.2, 0.25) is 10.0 Å². The van der Waals surface area contributed by atoms with Crippen molar-refractivity contribution in [1.29, 1.82) is 0 Å². The van der Waals surface area contributed by atoms with Crippen molar-refractivity contribution < 1.29 is 27.5 Å². The average Bonchev–Trinajstić information content (AvgIpc) is 2.66. The van der Waals surface area contributed by atoms with E-state index >= 15 is 0 Å². The molecule has 2 aromatic carbocycles. The third-order valence-corrected chi connectivity index (χ3v) is 4.83. The number of esters is 1. The lowest BCUT2D eigenvalue weighted by atomic mass is 10.1. The lowest BCUT2D eigenvalue weighted by molar-refractivity contribution is -0.153. The van der Waals surface area contributed by atoms with E-state index in [-0.39, 0.29) is 11.3 Å². The predicted octanol–water partition coefficient (Wildman–Crippen LogP) is 1.85. The van der Waals surface area contributed by atoms with Gasteiger partial charge in [0.1, 0.15) is 5.75 Å². The molecule has 0 aliphatic rings. The first-order valence-corrected chi connectivity index (χ1v) is 10.00. The van der Waals surface area contributed by atoms with Crippen LogP contribution in [-0.4, -0.2) is 33.5 Å². The van der Waals surface area contributed by atoms with Crippen molar-refractivity contribution in [2.24, 2.45) is 5.14 Å². The van der Waals surface area contributed by atoms with E-state index in [0.29, 0.717) is 17.9 Å². The molecular formula is C19H22N2O6S. The van der Waals surface area contributed by atoms with Crippen LogP contribution in [0.2, 0.25) is 0 Å². The highest BCUT2D eigenvalue weighted by Gasteiger charge is 2.18. The van der Waals surface area contributed by atoms with Gasteiger partial charge in [-0.3, -0.25) is 9.59 Å². The molecule has 1 unspecified atom stereocenters. The second kappa shape index (κ2) is 9.34. The molecule has 150 valence electrons. The number of hydrogen-bond donors (Lipinski definition) is 2. The van der Waals surface area contributed by atoms with Crippen molar-refractivity contribution in [3.63, 3.8) is 0 Å². The number of nitrogens with two attached hydrogens (primary N) is 1. The summed E-state index contributed by atoms with van der Waals surface area (Å²) in [6.07, 6.45) is -0.565. The Balaban J connectivity index is 1.81. The molecule has 0 fully saturated rings. The minimum absolute atomic E-state index is 0.00246. The van der Waals surface area contributed by atoms with Gasteiger partial charge in [-0.1, -0.05) is 12.1 Å². The number of methoxy groups -OCH3 is 1. The number of primary sulfonamides is 1. The monoisotopic (exact) mass is 406 g/mol. The van der Waals surface area contributed by atoms with Crippen molar-refractivity contribution in [3.05, 3.63) is 54.1 Å². The minimum Gasteiger partial charge on any atom is -0.497 e. The number of rotatable bonds is 8. The summed E-state index contributed by atoms with van der Waals surface area (Å²) >= 11 is 0. The Labute approximate surface area is 163 Å². The molecule has 2 aromatic rings. The summed E-state index contributed by atoms with van der Waals surface area (Å²) in [6.45, 7) is 1.48. The van der Waals surface area contributed by atoms with E-state index in [4.69, 9.17) is 14.6 Å².